The summed E-state index contributed by atoms with van der Waals surface area (Å²) in [4.78, 5) is 37.0. The molecule has 2 aromatic rings. The number of halogens is 1. The van der Waals surface area contributed by atoms with Crippen LogP contribution in [0.4, 0.5) is 14.9 Å². The molecule has 2 amide bonds. The molecule has 0 aromatic heterocycles. The molecule has 1 heterocycles. The van der Waals surface area contributed by atoms with Crippen LogP contribution < -0.4 is 10.1 Å². The Kier molecular flexibility index (Phi) is 7.97. The minimum atomic E-state index is -0.515. The van der Waals surface area contributed by atoms with Gasteiger partial charge in [0.2, 0.25) is 0 Å². The van der Waals surface area contributed by atoms with Crippen molar-refractivity contribution >= 4 is 17.7 Å². The number of likely N-dealkylation sites (tertiary alicyclic amines) is 1. The van der Waals surface area contributed by atoms with Gasteiger partial charge in [0, 0.05) is 36.8 Å². The highest BCUT2D eigenvalue weighted by atomic mass is 19.1. The molecule has 1 atom stereocenters. The van der Waals surface area contributed by atoms with E-state index >= 15 is 0 Å². The van der Waals surface area contributed by atoms with Crippen molar-refractivity contribution in [1.29, 1.82) is 0 Å². The number of piperidine rings is 1. The zero-order valence-electron chi connectivity index (χ0n) is 18.7. The minimum absolute atomic E-state index is 0.0598. The van der Waals surface area contributed by atoms with Crippen molar-refractivity contribution in [2.24, 2.45) is 11.8 Å². The number of non-ortho nitro benzene ring substituents is 1. The Morgan fingerprint density at radius 3 is 2.27 bits per heavy atom. The number of carbonyl (C=O) groups is 2. The highest BCUT2D eigenvalue weighted by molar-refractivity contribution is 5.94. The van der Waals surface area contributed by atoms with Gasteiger partial charge in [-0.15, -0.1) is 0 Å². The first-order valence-corrected chi connectivity index (χ1v) is 11.0. The maximum atomic E-state index is 13.2. The zero-order valence-corrected chi connectivity index (χ0v) is 18.7. The summed E-state index contributed by atoms with van der Waals surface area (Å²) in [7, 11) is 0. The molecule has 33 heavy (non-hydrogen) atoms. The summed E-state index contributed by atoms with van der Waals surface area (Å²) in [6, 6.07) is 10.8. The van der Waals surface area contributed by atoms with Crippen LogP contribution >= 0.6 is 0 Å². The summed E-state index contributed by atoms with van der Waals surface area (Å²) in [6.45, 7) is 5.15. The van der Waals surface area contributed by atoms with Crippen LogP contribution in [0.3, 0.4) is 0 Å². The van der Waals surface area contributed by atoms with E-state index in [9.17, 15) is 24.1 Å². The van der Waals surface area contributed by atoms with Crippen LogP contribution in [0.2, 0.25) is 0 Å². The van der Waals surface area contributed by atoms with Crippen LogP contribution in [-0.4, -0.2) is 41.0 Å². The number of benzene rings is 2. The predicted octanol–water partition coefficient (Wildman–Crippen LogP) is 4.79. The number of ether oxygens (including phenoxy) is 1. The molecule has 1 unspecified atom stereocenters. The number of hydrogen-bond donors (Lipinski definition) is 1. The van der Waals surface area contributed by atoms with Crippen molar-refractivity contribution < 1.29 is 23.6 Å². The molecule has 0 saturated carbocycles. The summed E-state index contributed by atoms with van der Waals surface area (Å²) in [5.41, 5.74) is 0.337. The van der Waals surface area contributed by atoms with E-state index in [1.165, 1.54) is 48.5 Å². The average molecular weight is 458 g/mol. The fourth-order valence-corrected chi connectivity index (χ4v) is 4.02. The minimum Gasteiger partial charge on any atom is -0.410 e. The quantitative estimate of drug-likeness (QED) is 0.476. The van der Waals surface area contributed by atoms with Gasteiger partial charge in [0.05, 0.1) is 4.92 Å². The van der Waals surface area contributed by atoms with Gasteiger partial charge in [0.25, 0.3) is 11.6 Å². The van der Waals surface area contributed by atoms with E-state index in [1.54, 1.807) is 4.90 Å². The number of rotatable bonds is 7. The van der Waals surface area contributed by atoms with Crippen LogP contribution in [-0.2, 0) is 0 Å². The first-order valence-electron chi connectivity index (χ1n) is 11.0. The summed E-state index contributed by atoms with van der Waals surface area (Å²) >= 11 is 0. The molecule has 0 radical (unpaired) electrons. The number of nitro benzene ring substituents is 1. The second-order valence-electron chi connectivity index (χ2n) is 8.66. The SMILES string of the molecule is CC(C)CC(NC(=O)c1ccc(F)cc1)C1CCN(C(=O)Oc2ccc([N+](=O)[O-])cc2)CC1. The van der Waals surface area contributed by atoms with Crippen molar-refractivity contribution in [3.63, 3.8) is 0 Å². The second kappa shape index (κ2) is 10.9. The molecule has 176 valence electrons. The first-order chi connectivity index (χ1) is 15.7. The standard InChI is InChI=1S/C24H28FN3O5/c1-16(2)15-22(26-23(29)18-3-5-19(25)6-4-18)17-11-13-27(14-12-17)24(30)33-21-9-7-20(8-10-21)28(31)32/h3-10,16-17,22H,11-15H2,1-2H3,(H,26,29). The van der Waals surface area contributed by atoms with Gasteiger partial charge in [0.1, 0.15) is 11.6 Å². The summed E-state index contributed by atoms with van der Waals surface area (Å²) in [5.74, 6) is 0.185. The number of amides is 2. The molecule has 0 aliphatic carbocycles. The topological polar surface area (TPSA) is 102 Å². The van der Waals surface area contributed by atoms with Crippen LogP contribution in [0.1, 0.15) is 43.5 Å². The monoisotopic (exact) mass is 457 g/mol. The number of hydrogen-bond acceptors (Lipinski definition) is 5. The fourth-order valence-electron chi connectivity index (χ4n) is 4.02. The second-order valence-corrected chi connectivity index (χ2v) is 8.66. The molecule has 1 fully saturated rings. The Morgan fingerprint density at radius 1 is 1.12 bits per heavy atom. The Bertz CT molecular complexity index is 971. The van der Waals surface area contributed by atoms with Crippen LogP contribution in [0, 0.1) is 27.8 Å². The molecule has 1 N–H and O–H groups in total. The first kappa shape index (κ1) is 24.2. The third-order valence-electron chi connectivity index (χ3n) is 5.77. The molecule has 1 saturated heterocycles. The zero-order chi connectivity index (χ0) is 24.0. The summed E-state index contributed by atoms with van der Waals surface area (Å²) in [5, 5.41) is 13.8. The van der Waals surface area contributed by atoms with Gasteiger partial charge >= 0.3 is 6.09 Å². The molecule has 0 spiro atoms. The van der Waals surface area contributed by atoms with Crippen molar-refractivity contribution in [3.8, 4) is 5.75 Å². The van der Waals surface area contributed by atoms with Gasteiger partial charge in [-0.1, -0.05) is 13.8 Å². The van der Waals surface area contributed by atoms with Crippen LogP contribution in [0.5, 0.6) is 5.75 Å². The van der Waals surface area contributed by atoms with Crippen molar-refractivity contribution in [1.82, 2.24) is 10.2 Å². The maximum Gasteiger partial charge on any atom is 0.415 e. The molecular formula is C24H28FN3O5. The molecule has 1 aliphatic heterocycles. The van der Waals surface area contributed by atoms with Crippen LogP contribution in [0.15, 0.2) is 48.5 Å². The van der Waals surface area contributed by atoms with E-state index in [0.29, 0.717) is 37.4 Å². The number of nitrogens with one attached hydrogen (secondary N) is 1. The highest BCUT2D eigenvalue weighted by Gasteiger charge is 2.31. The van der Waals surface area contributed by atoms with E-state index < -0.39 is 16.8 Å². The molecular weight excluding hydrogens is 429 g/mol. The lowest BCUT2D eigenvalue weighted by molar-refractivity contribution is -0.384. The lowest BCUT2D eigenvalue weighted by Gasteiger charge is -2.36. The van der Waals surface area contributed by atoms with E-state index in [2.05, 4.69) is 19.2 Å². The lowest BCUT2D eigenvalue weighted by atomic mass is 9.85. The average Bonchev–Trinajstić information content (AvgIpc) is 2.79. The maximum absolute atomic E-state index is 13.2. The van der Waals surface area contributed by atoms with E-state index in [4.69, 9.17) is 4.74 Å². The van der Waals surface area contributed by atoms with Gasteiger partial charge in [-0.25, -0.2) is 9.18 Å². The Hall–Kier alpha value is -3.49. The summed E-state index contributed by atoms with van der Waals surface area (Å²) in [6.07, 6.45) is 1.70. The largest absolute Gasteiger partial charge is 0.415 e. The van der Waals surface area contributed by atoms with Crippen molar-refractivity contribution in [2.75, 3.05) is 13.1 Å². The van der Waals surface area contributed by atoms with Crippen LogP contribution in [0.25, 0.3) is 0 Å². The predicted molar refractivity (Wildman–Crippen MR) is 121 cm³/mol. The number of carbonyl (C=O) groups excluding carboxylic acids is 2. The number of nitro groups is 1. The van der Waals surface area contributed by atoms with Gasteiger partial charge < -0.3 is 15.0 Å². The van der Waals surface area contributed by atoms with Gasteiger partial charge in [0.15, 0.2) is 0 Å². The van der Waals surface area contributed by atoms with E-state index in [-0.39, 0.29) is 29.3 Å². The molecule has 3 rings (SSSR count). The van der Waals surface area contributed by atoms with Gasteiger partial charge in [-0.2, -0.15) is 0 Å². The smallest absolute Gasteiger partial charge is 0.410 e. The lowest BCUT2D eigenvalue weighted by Crippen LogP contribution is -2.47. The van der Waals surface area contributed by atoms with Crippen molar-refractivity contribution in [2.45, 2.75) is 39.2 Å². The van der Waals surface area contributed by atoms with E-state index in [0.717, 1.165) is 6.42 Å². The molecule has 9 heteroatoms. The Balaban J connectivity index is 1.56. The van der Waals surface area contributed by atoms with Gasteiger partial charge in [-0.05, 0) is 67.5 Å². The fraction of sp³-hybridized carbons (Fsp3) is 0.417. The highest BCUT2D eigenvalue weighted by Crippen LogP contribution is 2.26. The summed E-state index contributed by atoms with van der Waals surface area (Å²) < 4.78 is 18.5. The Morgan fingerprint density at radius 2 is 1.73 bits per heavy atom. The van der Waals surface area contributed by atoms with E-state index in [1.807, 2.05) is 0 Å². The molecule has 0 bridgehead atoms. The third-order valence-corrected chi connectivity index (χ3v) is 5.77. The number of nitrogens with zero attached hydrogens (tertiary/aromatic N) is 2. The molecule has 2 aromatic carbocycles. The normalized spacial score (nSPS) is 15.2. The molecule has 8 nitrogen and oxygen atoms in total. The van der Waals surface area contributed by atoms with Crippen molar-refractivity contribution in [3.05, 3.63) is 70.0 Å². The Labute approximate surface area is 191 Å². The molecule has 1 aliphatic rings. The van der Waals surface area contributed by atoms with Gasteiger partial charge in [-0.3, -0.25) is 14.9 Å². The third kappa shape index (κ3) is 6.74.